The lowest BCUT2D eigenvalue weighted by Crippen LogP contribution is -2.16. The van der Waals surface area contributed by atoms with Crippen molar-refractivity contribution >= 4 is 22.7 Å². The van der Waals surface area contributed by atoms with Gasteiger partial charge in [-0.2, -0.15) is 0 Å². The Balaban J connectivity index is 2.10. The zero-order valence-corrected chi connectivity index (χ0v) is 27.8. The smallest absolute Gasteiger partial charge is 0.311 e. The number of unbranched alkanes of at least 4 members (excludes halogenated alkanes) is 16. The van der Waals surface area contributed by atoms with Crippen LogP contribution in [0.1, 0.15) is 153 Å². The number of carbonyl (C=O) groups is 2. The molecule has 0 saturated heterocycles. The second-order valence-electron chi connectivity index (χ2n) is 12.2. The van der Waals surface area contributed by atoms with Crippen molar-refractivity contribution < 1.29 is 29.3 Å². The molecule has 0 bridgehead atoms. The molecule has 0 spiro atoms. The van der Waals surface area contributed by atoms with Gasteiger partial charge in [-0.3, -0.25) is 9.59 Å². The third-order valence-corrected chi connectivity index (χ3v) is 8.47. The third-order valence-electron chi connectivity index (χ3n) is 8.47. The van der Waals surface area contributed by atoms with E-state index in [-0.39, 0.29) is 49.5 Å². The minimum atomic E-state index is -0.367. The van der Waals surface area contributed by atoms with Crippen LogP contribution < -0.4 is 9.47 Å². The van der Waals surface area contributed by atoms with Gasteiger partial charge >= 0.3 is 11.9 Å². The molecular formula is C38H60O6. The summed E-state index contributed by atoms with van der Waals surface area (Å²) in [5.74, 6) is -0.262. The molecule has 2 aromatic carbocycles. The zero-order chi connectivity index (χ0) is 31.8. The number of fused-ring (bicyclic) bond motifs is 1. The summed E-state index contributed by atoms with van der Waals surface area (Å²) in [5, 5.41) is 21.3. The number of aliphatic hydroxyl groups excluding tert-OH is 2. The van der Waals surface area contributed by atoms with Crippen LogP contribution in [0.15, 0.2) is 24.3 Å². The number of hydrogen-bond acceptors (Lipinski definition) is 6. The summed E-state index contributed by atoms with van der Waals surface area (Å²) in [6.07, 6.45) is 22.0. The molecule has 0 atom stereocenters. The van der Waals surface area contributed by atoms with Crippen LogP contribution in [0.2, 0.25) is 0 Å². The maximum Gasteiger partial charge on any atom is 0.311 e. The van der Waals surface area contributed by atoms with Gasteiger partial charge in [-0.1, -0.05) is 141 Å². The molecule has 0 fully saturated rings. The molecule has 44 heavy (non-hydrogen) atoms. The number of ether oxygens (including phenoxy) is 2. The third kappa shape index (κ3) is 14.1. The summed E-state index contributed by atoms with van der Waals surface area (Å²) in [7, 11) is 0. The van der Waals surface area contributed by atoms with E-state index in [1.54, 1.807) is 0 Å². The van der Waals surface area contributed by atoms with E-state index in [9.17, 15) is 19.8 Å². The van der Waals surface area contributed by atoms with Crippen molar-refractivity contribution in [1.29, 1.82) is 0 Å². The van der Waals surface area contributed by atoms with Gasteiger partial charge in [0.15, 0.2) is 11.5 Å². The molecule has 2 N–H and O–H groups in total. The summed E-state index contributed by atoms with van der Waals surface area (Å²) >= 11 is 0. The van der Waals surface area contributed by atoms with Crippen molar-refractivity contribution in [2.45, 2.75) is 155 Å². The van der Waals surface area contributed by atoms with Crippen molar-refractivity contribution in [3.63, 3.8) is 0 Å². The van der Waals surface area contributed by atoms with Gasteiger partial charge in [-0.05, 0) is 36.6 Å². The molecule has 0 aromatic heterocycles. The highest BCUT2D eigenvalue weighted by Gasteiger charge is 2.25. The SMILES string of the molecule is CCCCCCCCCCCC(=O)Oc1c(CCO)c(CCO)c2ccccc2c1OC(=O)CCCCCCCCCCC. The number of carbonyl (C=O) groups excluding carboxylic acids is 2. The van der Waals surface area contributed by atoms with Gasteiger partial charge in [-0.15, -0.1) is 0 Å². The molecule has 0 aliphatic heterocycles. The summed E-state index contributed by atoms with van der Waals surface area (Å²) in [5.41, 5.74) is 1.42. The van der Waals surface area contributed by atoms with E-state index in [0.29, 0.717) is 23.8 Å². The summed E-state index contributed by atoms with van der Waals surface area (Å²) in [6.45, 7) is 4.20. The van der Waals surface area contributed by atoms with Crippen molar-refractivity contribution in [2.75, 3.05) is 13.2 Å². The second kappa shape index (κ2) is 23.9. The fraction of sp³-hybridized carbons (Fsp3) is 0.684. The highest BCUT2D eigenvalue weighted by atomic mass is 16.6. The average Bonchev–Trinajstić information content (AvgIpc) is 3.02. The number of esters is 2. The summed E-state index contributed by atoms with van der Waals surface area (Å²) in [4.78, 5) is 26.2. The molecule has 0 heterocycles. The summed E-state index contributed by atoms with van der Waals surface area (Å²) in [6, 6.07) is 7.54. The molecule has 6 heteroatoms. The summed E-state index contributed by atoms with van der Waals surface area (Å²) < 4.78 is 12.0. The lowest BCUT2D eigenvalue weighted by atomic mass is 9.93. The van der Waals surface area contributed by atoms with Gasteiger partial charge in [0.1, 0.15) is 0 Å². The van der Waals surface area contributed by atoms with E-state index in [2.05, 4.69) is 13.8 Å². The van der Waals surface area contributed by atoms with E-state index < -0.39 is 0 Å². The fourth-order valence-electron chi connectivity index (χ4n) is 5.98. The Hall–Kier alpha value is -2.44. The Morgan fingerprint density at radius 1 is 0.523 bits per heavy atom. The lowest BCUT2D eigenvalue weighted by molar-refractivity contribution is -0.137. The second-order valence-corrected chi connectivity index (χ2v) is 12.2. The largest absolute Gasteiger partial charge is 0.422 e. The van der Waals surface area contributed by atoms with Crippen molar-refractivity contribution in [1.82, 2.24) is 0 Å². The Morgan fingerprint density at radius 3 is 1.36 bits per heavy atom. The van der Waals surface area contributed by atoms with E-state index in [0.717, 1.165) is 49.5 Å². The predicted octanol–water partition coefficient (Wildman–Crippen LogP) is 9.56. The molecule has 248 valence electrons. The van der Waals surface area contributed by atoms with Crippen LogP contribution in [0.5, 0.6) is 11.5 Å². The maximum atomic E-state index is 13.1. The van der Waals surface area contributed by atoms with E-state index in [4.69, 9.17) is 9.47 Å². The predicted molar refractivity (Wildman–Crippen MR) is 180 cm³/mol. The van der Waals surface area contributed by atoms with Crippen LogP contribution in [-0.2, 0) is 22.4 Å². The number of benzene rings is 2. The standard InChI is InChI=1S/C38H60O6/c1-3-5-7-9-11-13-15-17-19-25-35(41)43-37-33-24-22-21-23-31(33)32(27-29-39)34(28-30-40)38(37)44-36(42)26-20-18-16-14-12-10-8-6-4-2/h21-24,39-40H,3-20,25-30H2,1-2H3. The zero-order valence-electron chi connectivity index (χ0n) is 27.8. The molecule has 0 aliphatic carbocycles. The molecule has 2 aromatic rings. The van der Waals surface area contributed by atoms with Crippen molar-refractivity contribution in [2.24, 2.45) is 0 Å². The van der Waals surface area contributed by atoms with Gasteiger partial charge < -0.3 is 19.7 Å². The highest BCUT2D eigenvalue weighted by molar-refractivity contribution is 5.97. The average molecular weight is 613 g/mol. The van der Waals surface area contributed by atoms with Crippen LogP contribution >= 0.6 is 0 Å². The number of rotatable bonds is 26. The monoisotopic (exact) mass is 612 g/mol. The van der Waals surface area contributed by atoms with Crippen LogP contribution in [0.4, 0.5) is 0 Å². The van der Waals surface area contributed by atoms with Crippen LogP contribution in [0, 0.1) is 0 Å². The van der Waals surface area contributed by atoms with Gasteiger partial charge in [0.05, 0.1) is 0 Å². The Bertz CT molecular complexity index is 1080. The van der Waals surface area contributed by atoms with Gasteiger partial charge in [0, 0.05) is 37.0 Å². The molecule has 0 unspecified atom stereocenters. The molecule has 0 amide bonds. The minimum absolute atomic E-state index is 0.0913. The first-order chi connectivity index (χ1) is 21.6. The molecular weight excluding hydrogens is 552 g/mol. The molecule has 2 rings (SSSR count). The van der Waals surface area contributed by atoms with Crippen LogP contribution in [0.25, 0.3) is 10.8 Å². The number of hydrogen-bond donors (Lipinski definition) is 2. The Morgan fingerprint density at radius 2 is 0.909 bits per heavy atom. The minimum Gasteiger partial charge on any atom is -0.422 e. The highest BCUT2D eigenvalue weighted by Crippen LogP contribution is 2.43. The molecule has 0 aliphatic rings. The normalized spacial score (nSPS) is 11.3. The van der Waals surface area contributed by atoms with Gasteiger partial charge in [0.25, 0.3) is 0 Å². The van der Waals surface area contributed by atoms with Crippen molar-refractivity contribution in [3.8, 4) is 11.5 Å². The quantitative estimate of drug-likeness (QED) is 0.0624. The van der Waals surface area contributed by atoms with Gasteiger partial charge in [-0.25, -0.2) is 0 Å². The van der Waals surface area contributed by atoms with Crippen LogP contribution in [-0.4, -0.2) is 35.4 Å². The first kappa shape index (κ1) is 37.7. The Labute approximate surface area is 266 Å². The van der Waals surface area contributed by atoms with E-state index >= 15 is 0 Å². The Kier molecular flexibility index (Phi) is 20.5. The number of aliphatic hydroxyl groups is 2. The van der Waals surface area contributed by atoms with E-state index in [1.165, 1.54) is 77.0 Å². The molecule has 0 radical (unpaired) electrons. The van der Waals surface area contributed by atoms with Crippen LogP contribution in [0.3, 0.4) is 0 Å². The maximum absolute atomic E-state index is 13.1. The van der Waals surface area contributed by atoms with Crippen molar-refractivity contribution in [3.05, 3.63) is 35.4 Å². The van der Waals surface area contributed by atoms with Gasteiger partial charge in [0.2, 0.25) is 0 Å². The first-order valence-electron chi connectivity index (χ1n) is 17.8. The first-order valence-corrected chi connectivity index (χ1v) is 17.8. The molecule has 0 saturated carbocycles. The topological polar surface area (TPSA) is 93.1 Å². The van der Waals surface area contributed by atoms with E-state index in [1.807, 2.05) is 24.3 Å². The molecule has 6 nitrogen and oxygen atoms in total. The lowest BCUT2D eigenvalue weighted by Gasteiger charge is -2.21. The fourth-order valence-corrected chi connectivity index (χ4v) is 5.98.